The van der Waals surface area contributed by atoms with Gasteiger partial charge in [-0.05, 0) is 87.9 Å². The summed E-state index contributed by atoms with van der Waals surface area (Å²) in [6, 6.07) is 0. The minimum Gasteiger partial charge on any atom is -0.393 e. The Morgan fingerprint density at radius 2 is 1.69 bits per heavy atom. The number of aliphatic hydroxyl groups is 3. The van der Waals surface area contributed by atoms with Crippen LogP contribution in [-0.2, 0) is 0 Å². The van der Waals surface area contributed by atoms with Crippen molar-refractivity contribution in [2.45, 2.75) is 108 Å². The Kier molecular flexibility index (Phi) is 5.76. The number of hydrogen-bond donors (Lipinski definition) is 3. The molecular weight excluding hydrogens is 438 g/mol. The van der Waals surface area contributed by atoms with Crippen LogP contribution >= 0.6 is 0 Å². The molecule has 0 radical (unpaired) electrons. The van der Waals surface area contributed by atoms with E-state index in [1.165, 1.54) is 0 Å². The van der Waals surface area contributed by atoms with Crippen molar-refractivity contribution in [1.82, 2.24) is 0 Å². The number of fused-ring (bicyclic) bond motifs is 1. The molecule has 2 fully saturated rings. The van der Waals surface area contributed by atoms with Crippen LogP contribution < -0.4 is 0 Å². The van der Waals surface area contributed by atoms with Crippen molar-refractivity contribution in [3.63, 3.8) is 0 Å². The van der Waals surface area contributed by atoms with Crippen molar-refractivity contribution < 1.29 is 49.9 Å². The van der Waals surface area contributed by atoms with Crippen molar-refractivity contribution in [3.05, 3.63) is 12.2 Å². The van der Waals surface area contributed by atoms with Gasteiger partial charge in [0.15, 0.2) is 0 Å². The predicted octanol–water partition coefficient (Wildman–Crippen LogP) is 5.92. The van der Waals surface area contributed by atoms with Crippen LogP contribution in [0.15, 0.2) is 12.2 Å². The van der Waals surface area contributed by atoms with Crippen LogP contribution in [0.4, 0.5) is 26.3 Å². The predicted molar refractivity (Wildman–Crippen MR) is 109 cm³/mol. The number of halogens is 6. The summed E-state index contributed by atoms with van der Waals surface area (Å²) in [6.45, 7) is -4.61. The summed E-state index contributed by atoms with van der Waals surface area (Å²) in [7, 11) is 0. The van der Waals surface area contributed by atoms with Gasteiger partial charge < -0.3 is 15.3 Å². The number of alkyl halides is 6. The number of rotatable bonds is 8. The number of aliphatic hydroxyl groups excluding tert-OH is 1. The lowest BCUT2D eigenvalue weighted by Crippen LogP contribution is -2.55. The highest BCUT2D eigenvalue weighted by Gasteiger charge is 2.69. The molecule has 2 rings (SSSR count). The van der Waals surface area contributed by atoms with E-state index in [0.717, 1.165) is 0 Å². The SMILES string of the molecule is [2H]C([2H])([2H])C(O)(CCC[C@H](C/C=C/C(O)(C(F)(F)F)C(F)(F)F)[C@H]1CC[C@H]2[C@@H](O)CCC[C@]12C)C([2H])([2H])[2H]. The minimum atomic E-state index is -6.02. The Labute approximate surface area is 194 Å². The van der Waals surface area contributed by atoms with Gasteiger partial charge >= 0.3 is 12.4 Å². The van der Waals surface area contributed by atoms with Crippen LogP contribution in [0, 0.1) is 23.2 Å². The Morgan fingerprint density at radius 1 is 1.06 bits per heavy atom. The fraction of sp³-hybridized carbons (Fsp3) is 0.913. The maximum Gasteiger partial charge on any atom is 0.429 e. The smallest absolute Gasteiger partial charge is 0.393 e. The zero-order chi connectivity index (χ0) is 29.6. The summed E-state index contributed by atoms with van der Waals surface area (Å²) < 4.78 is 124. The summed E-state index contributed by atoms with van der Waals surface area (Å²) in [5, 5.41) is 30.5. The summed E-state index contributed by atoms with van der Waals surface area (Å²) in [5.41, 5.74) is -8.59. The first-order valence-electron chi connectivity index (χ1n) is 13.9. The van der Waals surface area contributed by atoms with Crippen molar-refractivity contribution in [3.8, 4) is 0 Å². The van der Waals surface area contributed by atoms with Gasteiger partial charge in [0.05, 0.1) is 11.7 Å². The lowest BCUT2D eigenvalue weighted by atomic mass is 9.60. The molecule has 2 aliphatic rings. The molecule has 188 valence electrons. The van der Waals surface area contributed by atoms with Crippen molar-refractivity contribution in [2.75, 3.05) is 0 Å². The Bertz CT molecular complexity index is 813. The molecule has 0 aromatic heterocycles. The zero-order valence-electron chi connectivity index (χ0n) is 23.9. The third kappa shape index (κ3) is 5.81. The maximum atomic E-state index is 13.1. The highest BCUT2D eigenvalue weighted by molar-refractivity contribution is 5.11. The van der Waals surface area contributed by atoms with Crippen LogP contribution in [0.5, 0.6) is 0 Å². The average Bonchev–Trinajstić information content (AvgIpc) is 3.07. The van der Waals surface area contributed by atoms with Crippen molar-refractivity contribution in [2.24, 2.45) is 23.2 Å². The Hall–Kier alpha value is -0.800. The summed E-state index contributed by atoms with van der Waals surface area (Å²) in [4.78, 5) is 0. The zero-order valence-corrected chi connectivity index (χ0v) is 17.9. The molecule has 3 N–H and O–H groups in total. The molecule has 5 atom stereocenters. The van der Waals surface area contributed by atoms with Crippen LogP contribution in [0.3, 0.4) is 0 Å². The van der Waals surface area contributed by atoms with Crippen LogP contribution in [0.1, 0.15) is 86.6 Å². The van der Waals surface area contributed by atoms with Crippen LogP contribution in [0.25, 0.3) is 0 Å². The molecule has 0 aliphatic heterocycles. The molecule has 0 amide bonds. The first kappa shape index (κ1) is 19.5. The fourth-order valence-corrected chi connectivity index (χ4v) is 5.83. The molecular formula is C23H36F6O3. The Balaban J connectivity index is 2.35. The van der Waals surface area contributed by atoms with Gasteiger partial charge in [0.25, 0.3) is 5.60 Å². The summed E-state index contributed by atoms with van der Waals surface area (Å²) in [5.74, 6) is -1.02. The molecule has 0 unspecified atom stereocenters. The molecule has 0 bridgehead atoms. The van der Waals surface area contributed by atoms with E-state index in [0.29, 0.717) is 38.2 Å². The van der Waals surface area contributed by atoms with E-state index in [1.54, 1.807) is 0 Å². The second-order valence-electron chi connectivity index (χ2n) is 9.67. The van der Waals surface area contributed by atoms with Gasteiger partial charge in [-0.1, -0.05) is 25.8 Å². The molecule has 0 saturated heterocycles. The summed E-state index contributed by atoms with van der Waals surface area (Å²) in [6.07, 6.45) is -10.5. The number of hydrogen-bond acceptors (Lipinski definition) is 3. The normalized spacial score (nSPS) is 34.8. The standard InChI is InChI=1S/C23H36F6O3/c1-19(2,31)12-4-7-15(8-5-14-21(32,22(24,25)26)23(27,28)29)16-10-11-17-18(30)9-6-13-20(16,17)3/h5,14-18,30-32H,4,6-13H2,1-3H3/b14-5+/t15-,16-,17+,18+,20-/m1/s1/i1D3,2D3. The lowest BCUT2D eigenvalue weighted by Gasteiger charge is -2.46. The van der Waals surface area contributed by atoms with E-state index in [9.17, 15) is 41.7 Å². The molecule has 0 aromatic carbocycles. The van der Waals surface area contributed by atoms with E-state index < -0.39 is 61.1 Å². The second kappa shape index (κ2) is 9.45. The van der Waals surface area contributed by atoms with Crippen LogP contribution in [0.2, 0.25) is 0 Å². The van der Waals surface area contributed by atoms with Gasteiger partial charge in [0.2, 0.25) is 0 Å². The third-order valence-electron chi connectivity index (χ3n) is 7.51. The van der Waals surface area contributed by atoms with Gasteiger partial charge in [0, 0.05) is 8.22 Å². The Morgan fingerprint density at radius 3 is 2.25 bits per heavy atom. The van der Waals surface area contributed by atoms with E-state index >= 15 is 0 Å². The molecule has 32 heavy (non-hydrogen) atoms. The van der Waals surface area contributed by atoms with Gasteiger partial charge in [0.1, 0.15) is 0 Å². The monoisotopic (exact) mass is 480 g/mol. The second-order valence-corrected chi connectivity index (χ2v) is 9.67. The number of allylic oxidation sites excluding steroid dienone is 1. The molecule has 3 nitrogen and oxygen atoms in total. The van der Waals surface area contributed by atoms with Gasteiger partial charge in [-0.15, -0.1) is 0 Å². The minimum absolute atomic E-state index is 0.0122. The third-order valence-corrected chi connectivity index (χ3v) is 7.51. The van der Waals surface area contributed by atoms with Crippen LogP contribution in [-0.4, -0.2) is 45.0 Å². The maximum absolute atomic E-state index is 13.1. The van der Waals surface area contributed by atoms with E-state index in [1.807, 2.05) is 6.92 Å². The fourth-order valence-electron chi connectivity index (χ4n) is 5.83. The quantitative estimate of drug-likeness (QED) is 0.298. The van der Waals surface area contributed by atoms with Gasteiger partial charge in [-0.25, -0.2) is 0 Å². The van der Waals surface area contributed by atoms with Crippen molar-refractivity contribution >= 4 is 0 Å². The largest absolute Gasteiger partial charge is 0.429 e. The first-order chi connectivity index (χ1) is 16.9. The van der Waals surface area contributed by atoms with E-state index in [-0.39, 0.29) is 37.2 Å². The van der Waals surface area contributed by atoms with E-state index in [4.69, 9.17) is 8.22 Å². The van der Waals surface area contributed by atoms with Crippen molar-refractivity contribution in [1.29, 1.82) is 0 Å². The topological polar surface area (TPSA) is 60.7 Å². The highest BCUT2D eigenvalue weighted by Crippen LogP contribution is 2.59. The average molecular weight is 481 g/mol. The first-order valence-corrected chi connectivity index (χ1v) is 10.9. The van der Waals surface area contributed by atoms with E-state index in [2.05, 4.69) is 0 Å². The molecule has 9 heteroatoms. The molecule has 2 aliphatic carbocycles. The van der Waals surface area contributed by atoms with Gasteiger partial charge in [-0.2, -0.15) is 26.3 Å². The highest BCUT2D eigenvalue weighted by atomic mass is 19.4. The lowest BCUT2D eigenvalue weighted by molar-refractivity contribution is -0.347. The molecule has 0 spiro atoms. The molecule has 0 heterocycles. The van der Waals surface area contributed by atoms with Gasteiger partial charge in [-0.3, -0.25) is 0 Å². The summed E-state index contributed by atoms with van der Waals surface area (Å²) >= 11 is 0. The molecule has 0 aromatic rings. The molecule has 2 saturated carbocycles.